The zero-order valence-corrected chi connectivity index (χ0v) is 9.58. The second kappa shape index (κ2) is 3.27. The van der Waals surface area contributed by atoms with Gasteiger partial charge in [0, 0.05) is 13.1 Å². The van der Waals surface area contributed by atoms with Crippen LogP contribution in [0.3, 0.4) is 0 Å². The molecule has 0 aromatic rings. The zero-order chi connectivity index (χ0) is 11.1. The molecule has 0 aliphatic carbocycles. The number of rotatable bonds is 0. The van der Waals surface area contributed by atoms with E-state index in [0.717, 1.165) is 32.5 Å². The lowest BCUT2D eigenvalue weighted by Gasteiger charge is -2.49. The molecule has 2 heterocycles. The molecule has 2 saturated heterocycles. The summed E-state index contributed by atoms with van der Waals surface area (Å²) in [4.78, 5) is 4.56. The maximum Gasteiger partial charge on any atom is 0.112 e. The van der Waals surface area contributed by atoms with Crippen molar-refractivity contribution in [3.8, 4) is 24.7 Å². The van der Waals surface area contributed by atoms with E-state index < -0.39 is 0 Å². The minimum atomic E-state index is -0.241. The number of fused-ring (bicyclic) bond motifs is 1. The largest absolute Gasteiger partial charge is 0.303 e. The zero-order valence-electron chi connectivity index (χ0n) is 9.58. The molecule has 0 bridgehead atoms. The van der Waals surface area contributed by atoms with Gasteiger partial charge >= 0.3 is 0 Å². The van der Waals surface area contributed by atoms with Gasteiger partial charge in [-0.05, 0) is 33.5 Å². The maximum atomic E-state index is 5.78. The van der Waals surface area contributed by atoms with Gasteiger partial charge in [-0.15, -0.1) is 12.8 Å². The van der Waals surface area contributed by atoms with Gasteiger partial charge < -0.3 is 4.90 Å². The highest BCUT2D eigenvalue weighted by Gasteiger charge is 2.58. The van der Waals surface area contributed by atoms with E-state index in [-0.39, 0.29) is 11.0 Å². The Labute approximate surface area is 92.6 Å². The summed E-state index contributed by atoms with van der Waals surface area (Å²) < 4.78 is 0. The predicted molar refractivity (Wildman–Crippen MR) is 62.2 cm³/mol. The summed E-state index contributed by atoms with van der Waals surface area (Å²) in [6, 6.07) is 0. The van der Waals surface area contributed by atoms with Crippen LogP contribution in [-0.4, -0.2) is 49.1 Å². The maximum absolute atomic E-state index is 5.78. The Balaban J connectivity index is 2.47. The van der Waals surface area contributed by atoms with E-state index in [4.69, 9.17) is 12.8 Å². The number of nitrogens with zero attached hydrogens (tertiary/aromatic N) is 2. The van der Waals surface area contributed by atoms with Gasteiger partial charge in [-0.2, -0.15) is 0 Å². The quantitative estimate of drug-likeness (QED) is 0.532. The van der Waals surface area contributed by atoms with Crippen molar-refractivity contribution >= 4 is 0 Å². The summed E-state index contributed by atoms with van der Waals surface area (Å²) in [5.74, 6) is 6.00. The molecule has 80 valence electrons. The van der Waals surface area contributed by atoms with Crippen molar-refractivity contribution in [3.63, 3.8) is 0 Å². The summed E-state index contributed by atoms with van der Waals surface area (Å²) >= 11 is 0. The molecular weight excluding hydrogens is 184 g/mol. The number of hydrogen-bond acceptors (Lipinski definition) is 2. The van der Waals surface area contributed by atoms with Gasteiger partial charge in [-0.1, -0.05) is 11.8 Å². The molecule has 0 saturated carbocycles. The Morgan fingerprint density at radius 2 is 1.73 bits per heavy atom. The Kier molecular flexibility index (Phi) is 2.30. The normalized spacial score (nSPS) is 41.9. The number of likely N-dealkylation sites (tertiary alicyclic amines) is 2. The third-order valence-corrected chi connectivity index (χ3v) is 4.25. The molecule has 2 atom stereocenters. The van der Waals surface area contributed by atoms with Crippen LogP contribution >= 0.6 is 0 Å². The van der Waals surface area contributed by atoms with Gasteiger partial charge in [0.05, 0.1) is 5.41 Å². The van der Waals surface area contributed by atoms with E-state index in [1.54, 1.807) is 0 Å². The fourth-order valence-corrected chi connectivity index (χ4v) is 3.13. The van der Waals surface area contributed by atoms with Crippen molar-refractivity contribution in [2.75, 3.05) is 33.7 Å². The number of terminal acetylenes is 2. The average molecular weight is 202 g/mol. The molecule has 2 aliphatic heterocycles. The van der Waals surface area contributed by atoms with Crippen molar-refractivity contribution in [3.05, 3.63) is 0 Å². The van der Waals surface area contributed by atoms with E-state index >= 15 is 0 Å². The van der Waals surface area contributed by atoms with E-state index in [0.29, 0.717) is 0 Å². The van der Waals surface area contributed by atoms with Crippen LogP contribution in [0.25, 0.3) is 0 Å². The van der Waals surface area contributed by atoms with Gasteiger partial charge in [0.15, 0.2) is 0 Å². The Hall–Kier alpha value is -0.960. The first-order valence-corrected chi connectivity index (χ1v) is 5.45. The molecular formula is C13H18N2. The Bertz CT molecular complexity index is 349. The van der Waals surface area contributed by atoms with E-state index in [1.807, 2.05) is 0 Å². The highest BCUT2D eigenvalue weighted by atomic mass is 15.3. The first kappa shape index (κ1) is 10.6. The van der Waals surface area contributed by atoms with Crippen LogP contribution in [0.2, 0.25) is 0 Å². The van der Waals surface area contributed by atoms with Crippen molar-refractivity contribution in [2.24, 2.45) is 5.41 Å². The smallest absolute Gasteiger partial charge is 0.112 e. The molecule has 0 radical (unpaired) electrons. The molecule has 2 nitrogen and oxygen atoms in total. The van der Waals surface area contributed by atoms with Crippen LogP contribution in [0.4, 0.5) is 0 Å². The van der Waals surface area contributed by atoms with Crippen LogP contribution in [-0.2, 0) is 0 Å². The number of piperidine rings is 1. The predicted octanol–water partition coefficient (Wildman–Crippen LogP) is 0.649. The lowest BCUT2D eigenvalue weighted by molar-refractivity contribution is 0.0523. The summed E-state index contributed by atoms with van der Waals surface area (Å²) in [5.41, 5.74) is -0.336. The molecule has 0 unspecified atom stereocenters. The molecule has 0 aromatic carbocycles. The van der Waals surface area contributed by atoms with Crippen molar-refractivity contribution < 1.29 is 0 Å². The summed E-state index contributed by atoms with van der Waals surface area (Å²) in [6.45, 7) is 2.97. The Morgan fingerprint density at radius 3 is 2.33 bits per heavy atom. The molecule has 0 N–H and O–H groups in total. The lowest BCUT2D eigenvalue weighted by Crippen LogP contribution is -2.61. The topological polar surface area (TPSA) is 6.48 Å². The minimum absolute atomic E-state index is 0.0942. The summed E-state index contributed by atoms with van der Waals surface area (Å²) in [6.07, 6.45) is 13.6. The molecule has 0 amide bonds. The van der Waals surface area contributed by atoms with Gasteiger partial charge in [0.25, 0.3) is 0 Å². The monoisotopic (exact) mass is 202 g/mol. The minimum Gasteiger partial charge on any atom is -0.303 e. The molecule has 2 aliphatic rings. The molecule has 0 aromatic heterocycles. The van der Waals surface area contributed by atoms with Crippen molar-refractivity contribution in [1.82, 2.24) is 9.80 Å². The molecule has 2 heteroatoms. The van der Waals surface area contributed by atoms with Crippen LogP contribution in [0.15, 0.2) is 0 Å². The molecule has 2 rings (SSSR count). The Morgan fingerprint density at radius 1 is 1.07 bits per heavy atom. The molecule has 15 heavy (non-hydrogen) atoms. The summed E-state index contributed by atoms with van der Waals surface area (Å²) in [7, 11) is 4.21. The first-order chi connectivity index (χ1) is 7.10. The van der Waals surface area contributed by atoms with Gasteiger partial charge in [-0.25, -0.2) is 0 Å². The van der Waals surface area contributed by atoms with Crippen LogP contribution in [0.1, 0.15) is 12.8 Å². The molecule has 0 spiro atoms. The SMILES string of the molecule is C#C[C@@]12CCN(C)C[C@]1(C#C)N(C)CC2. The van der Waals surface area contributed by atoms with Crippen LogP contribution in [0.5, 0.6) is 0 Å². The van der Waals surface area contributed by atoms with Gasteiger partial charge in [0.1, 0.15) is 5.54 Å². The third kappa shape index (κ3) is 1.16. The van der Waals surface area contributed by atoms with Gasteiger partial charge in [-0.3, -0.25) is 4.90 Å². The fourth-order valence-electron chi connectivity index (χ4n) is 3.13. The fraction of sp³-hybridized carbons (Fsp3) is 0.692. The van der Waals surface area contributed by atoms with Crippen LogP contribution in [0, 0.1) is 30.1 Å². The van der Waals surface area contributed by atoms with Gasteiger partial charge in [0.2, 0.25) is 0 Å². The number of likely N-dealkylation sites (N-methyl/N-ethyl adjacent to an activating group) is 2. The highest BCUT2D eigenvalue weighted by molar-refractivity contribution is 5.34. The standard InChI is InChI=1S/C13H18N2/c1-5-12-7-9-14(3)11-13(12,6-2)15(4)10-8-12/h1-2H,7-11H2,3-4H3/t12-,13-/m0/s1. The third-order valence-electron chi connectivity index (χ3n) is 4.25. The average Bonchev–Trinajstić information content (AvgIpc) is 2.54. The first-order valence-electron chi connectivity index (χ1n) is 5.45. The van der Waals surface area contributed by atoms with Crippen LogP contribution < -0.4 is 0 Å². The second-order valence-electron chi connectivity index (χ2n) is 4.89. The van der Waals surface area contributed by atoms with Crippen molar-refractivity contribution in [2.45, 2.75) is 18.4 Å². The van der Waals surface area contributed by atoms with E-state index in [2.05, 4.69) is 35.7 Å². The lowest BCUT2D eigenvalue weighted by atomic mass is 9.66. The highest BCUT2D eigenvalue weighted by Crippen LogP contribution is 2.49. The number of hydrogen-bond donors (Lipinski definition) is 0. The molecule has 2 fully saturated rings. The summed E-state index contributed by atoms with van der Waals surface area (Å²) in [5, 5.41) is 0. The van der Waals surface area contributed by atoms with E-state index in [1.165, 1.54) is 0 Å². The van der Waals surface area contributed by atoms with Crippen molar-refractivity contribution in [1.29, 1.82) is 0 Å². The van der Waals surface area contributed by atoms with E-state index in [9.17, 15) is 0 Å². The second-order valence-corrected chi connectivity index (χ2v) is 4.89.